The van der Waals surface area contributed by atoms with Gasteiger partial charge in [0.15, 0.2) is 0 Å². The summed E-state index contributed by atoms with van der Waals surface area (Å²) in [5.74, 6) is -1.23. The van der Waals surface area contributed by atoms with Crippen LogP contribution in [0.25, 0.3) is 0 Å². The quantitative estimate of drug-likeness (QED) is 0.295. The van der Waals surface area contributed by atoms with Gasteiger partial charge in [-0.25, -0.2) is 4.79 Å². The molecule has 1 atom stereocenters. The number of carbonyl (C=O) groups is 3. The van der Waals surface area contributed by atoms with Crippen LogP contribution in [0.3, 0.4) is 0 Å². The third-order valence-electron chi connectivity index (χ3n) is 3.13. The topological polar surface area (TPSA) is 69.7 Å². The van der Waals surface area contributed by atoms with E-state index in [2.05, 4.69) is 6.58 Å². The van der Waals surface area contributed by atoms with Gasteiger partial charge in [0.05, 0.1) is 6.61 Å². The number of hydrogen-bond donors (Lipinski definition) is 0. The first-order valence-corrected chi connectivity index (χ1v) is 7.03. The fraction of sp³-hybridized carbons (Fsp3) is 0.667. The molecule has 1 fully saturated rings. The van der Waals surface area contributed by atoms with E-state index < -0.39 is 17.9 Å². The van der Waals surface area contributed by atoms with Gasteiger partial charge in [0.25, 0.3) is 0 Å². The van der Waals surface area contributed by atoms with E-state index in [0.29, 0.717) is 31.4 Å². The number of esters is 1. The first-order chi connectivity index (χ1) is 9.52. The van der Waals surface area contributed by atoms with E-state index in [1.807, 2.05) is 0 Å². The number of ketones is 2. The lowest BCUT2D eigenvalue weighted by molar-refractivity contribution is -0.145. The number of unbranched alkanes of at least 4 members (excludes halogenated alkanes) is 1. The predicted molar refractivity (Wildman–Crippen MR) is 73.2 cm³/mol. The molecule has 1 aliphatic heterocycles. The molecule has 112 valence electrons. The minimum absolute atomic E-state index is 0.184. The van der Waals surface area contributed by atoms with Crippen molar-refractivity contribution in [1.82, 2.24) is 0 Å². The predicted octanol–water partition coefficient (Wildman–Crippen LogP) is 1.98. The smallest absolute Gasteiger partial charge is 0.333 e. The maximum absolute atomic E-state index is 11.8. The fourth-order valence-corrected chi connectivity index (χ4v) is 1.93. The van der Waals surface area contributed by atoms with Crippen molar-refractivity contribution < 1.29 is 23.9 Å². The van der Waals surface area contributed by atoms with Crippen molar-refractivity contribution in [3.8, 4) is 0 Å². The molecular weight excluding hydrogens is 260 g/mol. The maximum atomic E-state index is 11.8. The second-order valence-electron chi connectivity index (χ2n) is 5.02. The Hall–Kier alpha value is -1.49. The molecule has 0 spiro atoms. The van der Waals surface area contributed by atoms with Crippen LogP contribution in [0.15, 0.2) is 12.2 Å². The fourth-order valence-electron chi connectivity index (χ4n) is 1.93. The van der Waals surface area contributed by atoms with Gasteiger partial charge in [-0.15, -0.1) is 0 Å². The van der Waals surface area contributed by atoms with Crippen LogP contribution in [0, 0.1) is 0 Å². The van der Waals surface area contributed by atoms with E-state index in [-0.39, 0.29) is 18.8 Å². The first kappa shape index (κ1) is 16.6. The van der Waals surface area contributed by atoms with Gasteiger partial charge in [-0.2, -0.15) is 0 Å². The lowest BCUT2D eigenvalue weighted by Crippen LogP contribution is -2.33. The molecule has 5 heteroatoms. The molecule has 0 aromatic rings. The minimum Gasteiger partial charge on any atom is -0.462 e. The summed E-state index contributed by atoms with van der Waals surface area (Å²) >= 11 is 0. The summed E-state index contributed by atoms with van der Waals surface area (Å²) in [6.45, 7) is 5.85. The normalized spacial score (nSPS) is 18.4. The molecule has 0 N–H and O–H groups in total. The van der Waals surface area contributed by atoms with Crippen LogP contribution in [0.4, 0.5) is 0 Å². The van der Waals surface area contributed by atoms with Gasteiger partial charge in [0, 0.05) is 18.6 Å². The van der Waals surface area contributed by atoms with Crippen molar-refractivity contribution in [2.75, 3.05) is 13.2 Å². The van der Waals surface area contributed by atoms with Crippen molar-refractivity contribution in [1.29, 1.82) is 0 Å². The monoisotopic (exact) mass is 282 g/mol. The van der Waals surface area contributed by atoms with Gasteiger partial charge in [0.1, 0.15) is 6.10 Å². The number of rotatable bonds is 8. The highest BCUT2D eigenvalue weighted by Gasteiger charge is 2.26. The van der Waals surface area contributed by atoms with Crippen LogP contribution in [0.2, 0.25) is 0 Å². The summed E-state index contributed by atoms with van der Waals surface area (Å²) < 4.78 is 10.2. The second-order valence-corrected chi connectivity index (χ2v) is 5.02. The van der Waals surface area contributed by atoms with Crippen LogP contribution in [-0.2, 0) is 23.9 Å². The van der Waals surface area contributed by atoms with E-state index >= 15 is 0 Å². The highest BCUT2D eigenvalue weighted by atomic mass is 16.5. The largest absolute Gasteiger partial charge is 0.462 e. The highest BCUT2D eigenvalue weighted by Crippen LogP contribution is 2.14. The molecular formula is C15H22O5. The van der Waals surface area contributed by atoms with Crippen molar-refractivity contribution >= 4 is 17.5 Å². The Morgan fingerprint density at radius 1 is 1.25 bits per heavy atom. The zero-order chi connectivity index (χ0) is 15.0. The molecule has 1 heterocycles. The van der Waals surface area contributed by atoms with Crippen LogP contribution in [0.5, 0.6) is 0 Å². The van der Waals surface area contributed by atoms with Gasteiger partial charge in [-0.1, -0.05) is 6.58 Å². The first-order valence-electron chi connectivity index (χ1n) is 7.03. The Kier molecular flexibility index (Phi) is 7.15. The van der Waals surface area contributed by atoms with Crippen molar-refractivity contribution in [3.05, 3.63) is 12.2 Å². The Balaban J connectivity index is 2.14. The summed E-state index contributed by atoms with van der Waals surface area (Å²) in [6.07, 6.45) is 3.25. The Bertz CT molecular complexity index is 380. The maximum Gasteiger partial charge on any atom is 0.333 e. The van der Waals surface area contributed by atoms with Gasteiger partial charge in [0.2, 0.25) is 11.6 Å². The molecule has 1 rings (SSSR count). The SMILES string of the molecule is C=C(C)C(=O)OCCCCC(=O)C(=O)C1CCCCO1. The third kappa shape index (κ3) is 5.65. The number of Topliss-reactive ketones (excluding diaryl/α,β-unsaturated/α-hetero) is 2. The highest BCUT2D eigenvalue weighted by molar-refractivity contribution is 6.38. The van der Waals surface area contributed by atoms with Gasteiger partial charge < -0.3 is 9.47 Å². The number of carbonyl (C=O) groups excluding carboxylic acids is 3. The molecule has 0 bridgehead atoms. The second kappa shape index (κ2) is 8.64. The summed E-state index contributed by atoms with van der Waals surface area (Å²) in [5, 5.41) is 0. The lowest BCUT2D eigenvalue weighted by atomic mass is 10.00. The van der Waals surface area contributed by atoms with Crippen LogP contribution in [0.1, 0.15) is 45.4 Å². The minimum atomic E-state index is -0.544. The molecule has 5 nitrogen and oxygen atoms in total. The van der Waals surface area contributed by atoms with E-state index in [0.717, 1.165) is 12.8 Å². The summed E-state index contributed by atoms with van der Waals surface area (Å²) in [7, 11) is 0. The Morgan fingerprint density at radius 2 is 2.00 bits per heavy atom. The number of hydrogen-bond acceptors (Lipinski definition) is 5. The molecule has 0 amide bonds. The molecule has 0 saturated carbocycles. The van der Waals surface area contributed by atoms with Crippen molar-refractivity contribution in [2.24, 2.45) is 0 Å². The molecule has 0 aliphatic carbocycles. The van der Waals surface area contributed by atoms with Crippen LogP contribution >= 0.6 is 0 Å². The van der Waals surface area contributed by atoms with E-state index in [4.69, 9.17) is 9.47 Å². The van der Waals surface area contributed by atoms with Gasteiger partial charge in [-0.3, -0.25) is 9.59 Å². The van der Waals surface area contributed by atoms with E-state index in [9.17, 15) is 14.4 Å². The molecule has 1 saturated heterocycles. The van der Waals surface area contributed by atoms with Gasteiger partial charge >= 0.3 is 5.97 Å². The number of ether oxygens (including phenoxy) is 2. The average Bonchev–Trinajstić information content (AvgIpc) is 2.46. The van der Waals surface area contributed by atoms with Crippen molar-refractivity contribution in [3.63, 3.8) is 0 Å². The van der Waals surface area contributed by atoms with E-state index in [1.165, 1.54) is 0 Å². The third-order valence-corrected chi connectivity index (χ3v) is 3.13. The zero-order valence-corrected chi connectivity index (χ0v) is 12.0. The van der Waals surface area contributed by atoms with E-state index in [1.54, 1.807) is 6.92 Å². The van der Waals surface area contributed by atoms with Crippen molar-refractivity contribution in [2.45, 2.75) is 51.6 Å². The molecule has 0 aromatic heterocycles. The molecule has 1 aliphatic rings. The summed E-state index contributed by atoms with van der Waals surface area (Å²) in [6, 6.07) is 0. The lowest BCUT2D eigenvalue weighted by Gasteiger charge is -2.20. The summed E-state index contributed by atoms with van der Waals surface area (Å²) in [4.78, 5) is 34.6. The standard InChI is InChI=1S/C15H22O5/c1-11(2)15(18)20-10-5-3-7-12(16)14(17)13-8-4-6-9-19-13/h13H,1,3-10H2,2H3. The van der Waals surface area contributed by atoms with Crippen LogP contribution in [-0.4, -0.2) is 36.9 Å². The molecule has 0 radical (unpaired) electrons. The van der Waals surface area contributed by atoms with Gasteiger partial charge in [-0.05, 0) is 39.0 Å². The zero-order valence-electron chi connectivity index (χ0n) is 12.0. The molecule has 1 unspecified atom stereocenters. The Labute approximate surface area is 119 Å². The average molecular weight is 282 g/mol. The molecule has 0 aromatic carbocycles. The summed E-state index contributed by atoms with van der Waals surface area (Å²) in [5.41, 5.74) is 0.353. The molecule has 20 heavy (non-hydrogen) atoms. The Morgan fingerprint density at radius 3 is 2.60 bits per heavy atom. The van der Waals surface area contributed by atoms with Crippen LogP contribution < -0.4 is 0 Å².